The van der Waals surface area contributed by atoms with Gasteiger partial charge in [0.25, 0.3) is 0 Å². The summed E-state index contributed by atoms with van der Waals surface area (Å²) >= 11 is 0. The molecule has 0 amide bonds. The number of halogens is 1. The van der Waals surface area contributed by atoms with Crippen LogP contribution in [-0.4, -0.2) is 0 Å². The van der Waals surface area contributed by atoms with Gasteiger partial charge in [-0.05, 0) is 30.7 Å². The van der Waals surface area contributed by atoms with Crippen molar-refractivity contribution in [1.82, 2.24) is 0 Å². The fourth-order valence-electron chi connectivity index (χ4n) is 0.549. The van der Waals surface area contributed by atoms with Gasteiger partial charge in [-0.25, -0.2) is 4.39 Å². The van der Waals surface area contributed by atoms with Crippen LogP contribution in [-0.2, 0) is 0 Å². The normalized spacial score (nSPS) is 9.25. The van der Waals surface area contributed by atoms with Crippen molar-refractivity contribution in [2.75, 3.05) is 0 Å². The van der Waals surface area contributed by atoms with Crippen molar-refractivity contribution in [3.63, 3.8) is 0 Å². The Balaban J connectivity index is 3.08. The summed E-state index contributed by atoms with van der Waals surface area (Å²) in [5, 5.41) is 0. The van der Waals surface area contributed by atoms with Gasteiger partial charge >= 0.3 is 0 Å². The topological polar surface area (TPSA) is 0 Å². The number of benzene rings is 1. The monoisotopic (exact) mass is 109 g/mol. The van der Waals surface area contributed by atoms with Crippen molar-refractivity contribution >= 4 is 0 Å². The Morgan fingerprint density at radius 3 is 2.75 bits per heavy atom. The molecule has 1 aromatic rings. The van der Waals surface area contributed by atoms with Gasteiger partial charge < -0.3 is 0 Å². The lowest BCUT2D eigenvalue weighted by molar-refractivity contribution is 0.626. The molecule has 0 saturated carbocycles. The van der Waals surface area contributed by atoms with E-state index in [4.69, 9.17) is 0 Å². The van der Waals surface area contributed by atoms with Crippen LogP contribution >= 0.6 is 0 Å². The van der Waals surface area contributed by atoms with E-state index in [0.717, 1.165) is 5.56 Å². The van der Waals surface area contributed by atoms with E-state index in [1.165, 1.54) is 12.1 Å². The average molecular weight is 109 g/mol. The summed E-state index contributed by atoms with van der Waals surface area (Å²) in [7, 11) is 0. The molecule has 0 fully saturated rings. The Hall–Kier alpha value is -0.850. The second kappa shape index (κ2) is 1.95. The van der Waals surface area contributed by atoms with Crippen LogP contribution in [0, 0.1) is 18.8 Å². The Kier molecular flexibility index (Phi) is 1.29. The Morgan fingerprint density at radius 2 is 2.38 bits per heavy atom. The van der Waals surface area contributed by atoms with E-state index in [2.05, 4.69) is 6.07 Å². The van der Waals surface area contributed by atoms with Gasteiger partial charge in [0.1, 0.15) is 5.82 Å². The molecule has 1 heteroatoms. The van der Waals surface area contributed by atoms with Gasteiger partial charge in [-0.15, -0.1) is 0 Å². The molecular formula is C7H6F. The molecule has 0 aliphatic carbocycles. The molecule has 0 unspecified atom stereocenters. The van der Waals surface area contributed by atoms with Gasteiger partial charge in [-0.3, -0.25) is 0 Å². The van der Waals surface area contributed by atoms with Crippen molar-refractivity contribution in [3.05, 3.63) is 35.6 Å². The molecule has 0 heterocycles. The van der Waals surface area contributed by atoms with Crippen LogP contribution in [0.25, 0.3) is 0 Å². The summed E-state index contributed by atoms with van der Waals surface area (Å²) in [6.45, 7) is 1.81. The maximum Gasteiger partial charge on any atom is 0.123 e. The van der Waals surface area contributed by atoms with Gasteiger partial charge in [0, 0.05) is 0 Å². The fourth-order valence-corrected chi connectivity index (χ4v) is 0.549. The predicted octanol–water partition coefficient (Wildman–Crippen LogP) is 1.93. The fraction of sp³-hybridized carbons (Fsp3) is 0.143. The quantitative estimate of drug-likeness (QED) is 0.477. The largest absolute Gasteiger partial charge is 0.207 e. The van der Waals surface area contributed by atoms with Gasteiger partial charge in [0.15, 0.2) is 0 Å². The molecule has 8 heavy (non-hydrogen) atoms. The highest BCUT2D eigenvalue weighted by atomic mass is 19.1. The number of aryl methyl sites for hydroxylation is 1. The maximum atomic E-state index is 12.1. The van der Waals surface area contributed by atoms with Crippen molar-refractivity contribution in [1.29, 1.82) is 0 Å². The van der Waals surface area contributed by atoms with Crippen LogP contribution in [0.4, 0.5) is 4.39 Å². The Labute approximate surface area is 48.0 Å². The molecule has 0 aliphatic rings. The lowest BCUT2D eigenvalue weighted by Gasteiger charge is -1.86. The van der Waals surface area contributed by atoms with Crippen LogP contribution in [0.2, 0.25) is 0 Å². The minimum atomic E-state index is -0.193. The van der Waals surface area contributed by atoms with Gasteiger partial charge in [-0.2, -0.15) is 0 Å². The average Bonchev–Trinajstić information content (AvgIpc) is 1.64. The molecule has 0 saturated heterocycles. The Bertz CT molecular complexity index is 164. The smallest absolute Gasteiger partial charge is 0.123 e. The lowest BCUT2D eigenvalue weighted by Crippen LogP contribution is -1.73. The van der Waals surface area contributed by atoms with E-state index in [1.54, 1.807) is 6.07 Å². The van der Waals surface area contributed by atoms with E-state index in [9.17, 15) is 4.39 Å². The molecule has 0 N–H and O–H groups in total. The summed E-state index contributed by atoms with van der Waals surface area (Å²) in [5.74, 6) is -0.193. The molecular weight excluding hydrogens is 103 g/mol. The predicted molar refractivity (Wildman–Crippen MR) is 30.0 cm³/mol. The van der Waals surface area contributed by atoms with E-state index in [1.807, 2.05) is 6.92 Å². The van der Waals surface area contributed by atoms with Crippen LogP contribution in [0.15, 0.2) is 18.2 Å². The van der Waals surface area contributed by atoms with Crippen LogP contribution in [0.5, 0.6) is 0 Å². The summed E-state index contributed by atoms with van der Waals surface area (Å²) in [6, 6.07) is 7.23. The highest BCUT2D eigenvalue weighted by molar-refractivity contribution is 5.12. The lowest BCUT2D eigenvalue weighted by atomic mass is 10.2. The molecule has 0 bridgehead atoms. The standard InChI is InChI=1S/C7H6F/c1-6-3-2-4-7(8)5-6/h2,4-5H,1H3. The molecule has 0 aliphatic heterocycles. The van der Waals surface area contributed by atoms with E-state index in [0.29, 0.717) is 0 Å². The third-order valence-corrected chi connectivity index (χ3v) is 0.908. The first-order chi connectivity index (χ1) is 3.79. The first-order valence-corrected chi connectivity index (χ1v) is 2.43. The van der Waals surface area contributed by atoms with Gasteiger partial charge in [0.2, 0.25) is 0 Å². The zero-order chi connectivity index (χ0) is 5.98. The van der Waals surface area contributed by atoms with Crippen LogP contribution in [0.3, 0.4) is 0 Å². The summed E-state index contributed by atoms with van der Waals surface area (Å²) in [5.41, 5.74) is 0.838. The first kappa shape index (κ1) is 5.29. The van der Waals surface area contributed by atoms with E-state index >= 15 is 0 Å². The third kappa shape index (κ3) is 1.06. The van der Waals surface area contributed by atoms with Crippen LogP contribution < -0.4 is 0 Å². The van der Waals surface area contributed by atoms with Gasteiger partial charge in [0.05, 0.1) is 0 Å². The molecule has 41 valence electrons. The first-order valence-electron chi connectivity index (χ1n) is 2.43. The number of rotatable bonds is 0. The molecule has 0 aromatic heterocycles. The molecule has 0 spiro atoms. The third-order valence-electron chi connectivity index (χ3n) is 0.908. The van der Waals surface area contributed by atoms with E-state index < -0.39 is 0 Å². The van der Waals surface area contributed by atoms with Crippen molar-refractivity contribution in [3.8, 4) is 0 Å². The minimum Gasteiger partial charge on any atom is -0.207 e. The number of hydrogen-bond donors (Lipinski definition) is 0. The highest BCUT2D eigenvalue weighted by Gasteiger charge is 1.85. The molecule has 0 nitrogen and oxygen atoms in total. The zero-order valence-corrected chi connectivity index (χ0v) is 4.61. The minimum absolute atomic E-state index is 0.193. The zero-order valence-electron chi connectivity index (χ0n) is 4.61. The van der Waals surface area contributed by atoms with Crippen molar-refractivity contribution < 1.29 is 4.39 Å². The molecule has 1 aromatic carbocycles. The highest BCUT2D eigenvalue weighted by Crippen LogP contribution is 1.98. The second-order valence-corrected chi connectivity index (χ2v) is 1.69. The van der Waals surface area contributed by atoms with E-state index in [-0.39, 0.29) is 5.82 Å². The molecule has 1 radical (unpaired) electrons. The maximum absolute atomic E-state index is 12.1. The second-order valence-electron chi connectivity index (χ2n) is 1.69. The van der Waals surface area contributed by atoms with Gasteiger partial charge in [-0.1, -0.05) is 6.07 Å². The van der Waals surface area contributed by atoms with Crippen molar-refractivity contribution in [2.24, 2.45) is 0 Å². The summed E-state index contributed by atoms with van der Waals surface area (Å²) < 4.78 is 12.1. The summed E-state index contributed by atoms with van der Waals surface area (Å²) in [4.78, 5) is 0. The molecule has 1 rings (SSSR count). The van der Waals surface area contributed by atoms with Crippen molar-refractivity contribution in [2.45, 2.75) is 6.92 Å². The summed E-state index contributed by atoms with van der Waals surface area (Å²) in [6.07, 6.45) is 0. The van der Waals surface area contributed by atoms with Crippen LogP contribution in [0.1, 0.15) is 5.56 Å². The molecule has 0 atom stereocenters. The SMILES string of the molecule is Cc1[c]ccc(F)c1. The Morgan fingerprint density at radius 1 is 1.62 bits per heavy atom. The number of hydrogen-bond acceptors (Lipinski definition) is 0.